The van der Waals surface area contributed by atoms with Crippen LogP contribution < -0.4 is 0 Å². The fourth-order valence-corrected chi connectivity index (χ4v) is 2.92. The third-order valence-electron chi connectivity index (χ3n) is 2.39. The molecule has 1 unspecified atom stereocenters. The third kappa shape index (κ3) is 2.16. The van der Waals surface area contributed by atoms with Gasteiger partial charge in [-0.25, -0.2) is 0 Å². The SMILES string of the molecule is O=C1CSC(c2ccccc2)N1CCO. The second-order valence-corrected chi connectivity index (χ2v) is 4.45. The molecular weight excluding hydrogens is 210 g/mol. The van der Waals surface area contributed by atoms with Crippen molar-refractivity contribution < 1.29 is 9.90 Å². The number of thioether (sulfide) groups is 1. The molecule has 1 aromatic carbocycles. The monoisotopic (exact) mass is 223 g/mol. The van der Waals surface area contributed by atoms with E-state index in [1.807, 2.05) is 30.3 Å². The zero-order valence-electron chi connectivity index (χ0n) is 8.30. The van der Waals surface area contributed by atoms with Crippen molar-refractivity contribution in [1.82, 2.24) is 4.90 Å². The topological polar surface area (TPSA) is 40.5 Å². The van der Waals surface area contributed by atoms with Crippen LogP contribution in [0.25, 0.3) is 0 Å². The minimum absolute atomic E-state index is 0.0234. The van der Waals surface area contributed by atoms with Crippen molar-refractivity contribution in [3.8, 4) is 0 Å². The van der Waals surface area contributed by atoms with E-state index in [0.717, 1.165) is 5.56 Å². The summed E-state index contributed by atoms with van der Waals surface area (Å²) >= 11 is 1.62. The van der Waals surface area contributed by atoms with E-state index in [1.165, 1.54) is 0 Å². The highest BCUT2D eigenvalue weighted by molar-refractivity contribution is 8.00. The average molecular weight is 223 g/mol. The lowest BCUT2D eigenvalue weighted by Gasteiger charge is -2.23. The van der Waals surface area contributed by atoms with E-state index < -0.39 is 0 Å². The Hall–Kier alpha value is -1.00. The van der Waals surface area contributed by atoms with E-state index in [9.17, 15) is 4.79 Å². The average Bonchev–Trinajstić information content (AvgIpc) is 2.63. The van der Waals surface area contributed by atoms with E-state index in [4.69, 9.17) is 5.11 Å². The van der Waals surface area contributed by atoms with Crippen LogP contribution >= 0.6 is 11.8 Å². The quantitative estimate of drug-likeness (QED) is 0.838. The Balaban J connectivity index is 2.18. The molecule has 0 saturated carbocycles. The van der Waals surface area contributed by atoms with Gasteiger partial charge in [0.1, 0.15) is 5.37 Å². The highest BCUT2D eigenvalue weighted by Gasteiger charge is 2.31. The van der Waals surface area contributed by atoms with Gasteiger partial charge in [-0.3, -0.25) is 4.79 Å². The number of amides is 1. The van der Waals surface area contributed by atoms with E-state index in [-0.39, 0.29) is 17.9 Å². The Labute approximate surface area is 93.1 Å². The Bertz CT molecular complexity index is 342. The first-order valence-electron chi connectivity index (χ1n) is 4.90. The first-order valence-corrected chi connectivity index (χ1v) is 5.94. The van der Waals surface area contributed by atoms with E-state index in [0.29, 0.717) is 12.3 Å². The number of hydrogen-bond acceptors (Lipinski definition) is 3. The molecule has 0 radical (unpaired) electrons. The summed E-state index contributed by atoms with van der Waals surface area (Å²) in [5.74, 6) is 0.627. The number of aliphatic hydroxyl groups excluding tert-OH is 1. The summed E-state index contributed by atoms with van der Waals surface area (Å²) in [6.45, 7) is 0.445. The summed E-state index contributed by atoms with van der Waals surface area (Å²) in [5, 5.41) is 8.98. The lowest BCUT2D eigenvalue weighted by molar-refractivity contribution is -0.128. The first-order chi connectivity index (χ1) is 7.33. The van der Waals surface area contributed by atoms with Crippen molar-refractivity contribution >= 4 is 17.7 Å². The lowest BCUT2D eigenvalue weighted by Crippen LogP contribution is -2.30. The van der Waals surface area contributed by atoms with Crippen molar-refractivity contribution in [1.29, 1.82) is 0 Å². The van der Waals surface area contributed by atoms with E-state index in [2.05, 4.69) is 0 Å². The minimum Gasteiger partial charge on any atom is -0.395 e. The zero-order valence-corrected chi connectivity index (χ0v) is 9.11. The molecule has 1 aliphatic rings. The Morgan fingerprint density at radius 1 is 1.40 bits per heavy atom. The molecule has 0 bridgehead atoms. The molecule has 3 nitrogen and oxygen atoms in total. The van der Waals surface area contributed by atoms with Gasteiger partial charge >= 0.3 is 0 Å². The minimum atomic E-state index is 0.0234. The lowest BCUT2D eigenvalue weighted by atomic mass is 10.2. The third-order valence-corrected chi connectivity index (χ3v) is 3.65. The summed E-state index contributed by atoms with van der Waals surface area (Å²) in [7, 11) is 0. The van der Waals surface area contributed by atoms with Crippen LogP contribution in [0.1, 0.15) is 10.9 Å². The second kappa shape index (κ2) is 4.68. The number of carbonyl (C=O) groups is 1. The van der Waals surface area contributed by atoms with Crippen molar-refractivity contribution in [3.63, 3.8) is 0 Å². The molecule has 1 atom stereocenters. The first kappa shape index (κ1) is 10.5. The summed E-state index contributed by atoms with van der Waals surface area (Å²) in [5.41, 5.74) is 1.13. The molecule has 0 aromatic heterocycles. The number of carbonyl (C=O) groups excluding carboxylic acids is 1. The van der Waals surface area contributed by atoms with Gasteiger partial charge in [0, 0.05) is 6.54 Å². The van der Waals surface area contributed by atoms with Crippen LogP contribution in [0, 0.1) is 0 Å². The van der Waals surface area contributed by atoms with Gasteiger partial charge in [-0.15, -0.1) is 11.8 Å². The van der Waals surface area contributed by atoms with E-state index >= 15 is 0 Å². The molecule has 0 spiro atoms. The van der Waals surface area contributed by atoms with Gasteiger partial charge in [0.05, 0.1) is 12.4 Å². The molecule has 1 aromatic rings. The number of β-amino-alcohol motifs (C(OH)–C–C–N with tert-alkyl or cyclic N) is 1. The molecule has 15 heavy (non-hydrogen) atoms. The Morgan fingerprint density at radius 3 is 2.80 bits per heavy atom. The van der Waals surface area contributed by atoms with Gasteiger partial charge in [0.25, 0.3) is 0 Å². The second-order valence-electron chi connectivity index (χ2n) is 3.38. The standard InChI is InChI=1S/C11H13NO2S/c13-7-6-12-10(14)8-15-11(12)9-4-2-1-3-5-9/h1-5,11,13H,6-8H2. The molecular formula is C11H13NO2S. The van der Waals surface area contributed by atoms with Crippen LogP contribution in [0.2, 0.25) is 0 Å². The van der Waals surface area contributed by atoms with Crippen LogP contribution in [-0.4, -0.2) is 34.8 Å². The largest absolute Gasteiger partial charge is 0.395 e. The Kier molecular flexibility index (Phi) is 3.28. The summed E-state index contributed by atoms with van der Waals surface area (Å²) in [6, 6.07) is 9.92. The molecule has 1 heterocycles. The predicted octanol–water partition coefficient (Wildman–Crippen LogP) is 1.25. The van der Waals surface area contributed by atoms with Crippen molar-refractivity contribution in [2.45, 2.75) is 5.37 Å². The van der Waals surface area contributed by atoms with Gasteiger partial charge in [-0.05, 0) is 5.56 Å². The predicted molar refractivity (Wildman–Crippen MR) is 60.4 cm³/mol. The van der Waals surface area contributed by atoms with E-state index in [1.54, 1.807) is 16.7 Å². The highest BCUT2D eigenvalue weighted by Crippen LogP contribution is 2.37. The molecule has 80 valence electrons. The van der Waals surface area contributed by atoms with Gasteiger partial charge in [0.15, 0.2) is 0 Å². The number of aliphatic hydroxyl groups is 1. The molecule has 1 N–H and O–H groups in total. The van der Waals surface area contributed by atoms with Gasteiger partial charge in [-0.1, -0.05) is 30.3 Å². The molecule has 2 rings (SSSR count). The highest BCUT2D eigenvalue weighted by atomic mass is 32.2. The van der Waals surface area contributed by atoms with Crippen LogP contribution in [0.5, 0.6) is 0 Å². The fourth-order valence-electron chi connectivity index (χ4n) is 1.70. The molecule has 1 aliphatic heterocycles. The number of nitrogens with zero attached hydrogens (tertiary/aromatic N) is 1. The normalized spacial score (nSPS) is 21.0. The number of benzene rings is 1. The van der Waals surface area contributed by atoms with Gasteiger partial charge < -0.3 is 10.0 Å². The van der Waals surface area contributed by atoms with Crippen LogP contribution in [0.3, 0.4) is 0 Å². The molecule has 1 saturated heterocycles. The van der Waals surface area contributed by atoms with Gasteiger partial charge in [-0.2, -0.15) is 0 Å². The molecule has 1 amide bonds. The fraction of sp³-hybridized carbons (Fsp3) is 0.364. The molecule has 4 heteroatoms. The van der Waals surface area contributed by atoms with Gasteiger partial charge in [0.2, 0.25) is 5.91 Å². The van der Waals surface area contributed by atoms with Crippen molar-refractivity contribution in [2.24, 2.45) is 0 Å². The summed E-state index contributed by atoms with van der Waals surface area (Å²) in [6.07, 6.45) is 0. The summed E-state index contributed by atoms with van der Waals surface area (Å²) < 4.78 is 0. The van der Waals surface area contributed by atoms with Crippen LogP contribution in [0.4, 0.5) is 0 Å². The van der Waals surface area contributed by atoms with Crippen molar-refractivity contribution in [2.75, 3.05) is 18.9 Å². The van der Waals surface area contributed by atoms with Crippen molar-refractivity contribution in [3.05, 3.63) is 35.9 Å². The maximum atomic E-state index is 11.5. The molecule has 0 aliphatic carbocycles. The number of rotatable bonds is 3. The summed E-state index contributed by atoms with van der Waals surface area (Å²) in [4.78, 5) is 13.3. The maximum Gasteiger partial charge on any atom is 0.233 e. The maximum absolute atomic E-state index is 11.5. The van der Waals surface area contributed by atoms with Crippen LogP contribution in [0.15, 0.2) is 30.3 Å². The number of hydrogen-bond donors (Lipinski definition) is 1. The Morgan fingerprint density at radius 2 is 2.13 bits per heavy atom. The van der Waals surface area contributed by atoms with Crippen LogP contribution in [-0.2, 0) is 4.79 Å². The zero-order chi connectivity index (χ0) is 10.7. The smallest absolute Gasteiger partial charge is 0.233 e. The molecule has 1 fully saturated rings.